The summed E-state index contributed by atoms with van der Waals surface area (Å²) in [6, 6.07) is 11.2. The van der Waals surface area contributed by atoms with Crippen LogP contribution in [0.3, 0.4) is 0 Å². The number of halogens is 2. The third-order valence-electron chi connectivity index (χ3n) is 4.97. The molecule has 1 saturated heterocycles. The lowest BCUT2D eigenvalue weighted by Crippen LogP contribution is -2.45. The highest BCUT2D eigenvalue weighted by Crippen LogP contribution is 2.20. The van der Waals surface area contributed by atoms with E-state index in [1.165, 1.54) is 6.07 Å². The van der Waals surface area contributed by atoms with E-state index in [1.807, 2.05) is 29.2 Å². The summed E-state index contributed by atoms with van der Waals surface area (Å²) in [7, 11) is 1.60. The minimum atomic E-state index is -0.440. The van der Waals surface area contributed by atoms with E-state index < -0.39 is 11.6 Å². The van der Waals surface area contributed by atoms with Gasteiger partial charge in [-0.2, -0.15) is 0 Å². The molecule has 27 heavy (non-hydrogen) atoms. The Bertz CT molecular complexity index is 790. The molecule has 4 nitrogen and oxygen atoms in total. The Morgan fingerprint density at radius 1 is 1.15 bits per heavy atom. The molecule has 0 bridgehead atoms. The third kappa shape index (κ3) is 5.04. The summed E-state index contributed by atoms with van der Waals surface area (Å²) < 4.78 is 32.2. The van der Waals surface area contributed by atoms with Gasteiger partial charge in [-0.15, -0.1) is 0 Å². The van der Waals surface area contributed by atoms with Crippen LogP contribution in [-0.4, -0.2) is 37.0 Å². The van der Waals surface area contributed by atoms with E-state index in [4.69, 9.17) is 4.74 Å². The predicted octanol–water partition coefficient (Wildman–Crippen LogP) is 3.30. The summed E-state index contributed by atoms with van der Waals surface area (Å²) >= 11 is 0. The molecule has 0 spiro atoms. The normalized spacial score (nSPS) is 15.0. The smallest absolute Gasteiger partial charge is 0.227 e. The fraction of sp³-hybridized carbons (Fsp3) is 0.381. The summed E-state index contributed by atoms with van der Waals surface area (Å²) in [5.74, 6) is -0.0491. The topological polar surface area (TPSA) is 41.6 Å². The molecule has 2 aromatic rings. The number of amides is 1. The molecule has 0 radical (unpaired) electrons. The van der Waals surface area contributed by atoms with Crippen molar-refractivity contribution in [3.05, 3.63) is 65.2 Å². The van der Waals surface area contributed by atoms with Crippen LogP contribution in [0.2, 0.25) is 0 Å². The number of nitrogens with zero attached hydrogens (tertiary/aromatic N) is 1. The molecular weight excluding hydrogens is 350 g/mol. The first-order chi connectivity index (χ1) is 13.1. The second-order valence-electron chi connectivity index (χ2n) is 6.76. The van der Waals surface area contributed by atoms with Gasteiger partial charge in [0.25, 0.3) is 0 Å². The number of likely N-dealkylation sites (tertiary alicyclic amines) is 1. The number of piperidine rings is 1. The molecular formula is C21H24F2N2O2. The van der Waals surface area contributed by atoms with Gasteiger partial charge >= 0.3 is 0 Å². The first-order valence-corrected chi connectivity index (χ1v) is 9.14. The van der Waals surface area contributed by atoms with Crippen LogP contribution in [0.5, 0.6) is 5.75 Å². The van der Waals surface area contributed by atoms with Crippen molar-refractivity contribution in [3.63, 3.8) is 0 Å². The van der Waals surface area contributed by atoms with Crippen LogP contribution >= 0.6 is 0 Å². The minimum Gasteiger partial charge on any atom is -0.496 e. The second kappa shape index (κ2) is 8.95. The molecule has 1 heterocycles. The number of hydrogen-bond donors (Lipinski definition) is 1. The lowest BCUT2D eigenvalue weighted by molar-refractivity contribution is -0.131. The Kier molecular flexibility index (Phi) is 6.40. The Labute approximate surface area is 158 Å². The molecule has 1 N–H and O–H groups in total. The van der Waals surface area contributed by atoms with Gasteiger partial charge in [0.2, 0.25) is 5.91 Å². The highest BCUT2D eigenvalue weighted by molar-refractivity contribution is 5.79. The first-order valence-electron chi connectivity index (χ1n) is 9.14. The van der Waals surface area contributed by atoms with Gasteiger partial charge in [0, 0.05) is 36.8 Å². The molecule has 2 aromatic carbocycles. The van der Waals surface area contributed by atoms with Crippen LogP contribution < -0.4 is 10.1 Å². The van der Waals surface area contributed by atoms with E-state index in [1.54, 1.807) is 7.11 Å². The minimum absolute atomic E-state index is 0.0779. The van der Waals surface area contributed by atoms with Gasteiger partial charge in [-0.1, -0.05) is 18.2 Å². The van der Waals surface area contributed by atoms with Gasteiger partial charge in [0.1, 0.15) is 17.4 Å². The molecule has 144 valence electrons. The maximum atomic E-state index is 13.7. The van der Waals surface area contributed by atoms with Crippen LogP contribution in [0.1, 0.15) is 24.0 Å². The predicted molar refractivity (Wildman–Crippen MR) is 99.5 cm³/mol. The van der Waals surface area contributed by atoms with Gasteiger partial charge in [-0.05, 0) is 37.1 Å². The van der Waals surface area contributed by atoms with Crippen LogP contribution in [-0.2, 0) is 17.8 Å². The summed E-state index contributed by atoms with van der Waals surface area (Å²) in [4.78, 5) is 14.4. The fourth-order valence-electron chi connectivity index (χ4n) is 3.39. The van der Waals surface area contributed by atoms with Gasteiger partial charge in [0.05, 0.1) is 13.5 Å². The Hall–Kier alpha value is -2.47. The van der Waals surface area contributed by atoms with Crippen LogP contribution in [0.4, 0.5) is 8.78 Å². The number of rotatable bonds is 6. The molecule has 0 saturated carbocycles. The number of methoxy groups -OCH3 is 1. The van der Waals surface area contributed by atoms with Gasteiger partial charge in [-0.3, -0.25) is 4.79 Å². The fourth-order valence-corrected chi connectivity index (χ4v) is 3.39. The number of carbonyl (C=O) groups is 1. The average Bonchev–Trinajstić information content (AvgIpc) is 2.69. The molecule has 1 amide bonds. The summed E-state index contributed by atoms with van der Waals surface area (Å²) in [6.07, 6.45) is 1.89. The van der Waals surface area contributed by atoms with Crippen molar-refractivity contribution in [1.29, 1.82) is 0 Å². The molecule has 0 unspecified atom stereocenters. The molecule has 1 aliphatic rings. The van der Waals surface area contributed by atoms with E-state index in [2.05, 4.69) is 5.32 Å². The van der Waals surface area contributed by atoms with Crippen molar-refractivity contribution in [2.45, 2.75) is 31.8 Å². The lowest BCUT2D eigenvalue weighted by Gasteiger charge is -2.32. The Morgan fingerprint density at radius 2 is 1.89 bits per heavy atom. The maximum Gasteiger partial charge on any atom is 0.227 e. The number of nitrogens with one attached hydrogen (secondary N) is 1. The standard InChI is InChI=1S/C21H24F2N2O2/c1-27-20-5-3-2-4-15(20)13-21(26)25-10-8-18(9-11-25)24-14-16-12-17(22)6-7-19(16)23/h2-7,12,18,24H,8-11,13-14H2,1H3. The SMILES string of the molecule is COc1ccccc1CC(=O)N1CCC(NCc2cc(F)ccc2F)CC1. The van der Waals surface area contributed by atoms with Gasteiger partial charge in [0.15, 0.2) is 0 Å². The molecule has 0 atom stereocenters. The Balaban J connectivity index is 1.48. The van der Waals surface area contributed by atoms with E-state index >= 15 is 0 Å². The molecule has 3 rings (SSSR count). The summed E-state index contributed by atoms with van der Waals surface area (Å²) in [6.45, 7) is 1.58. The van der Waals surface area contributed by atoms with Crippen molar-refractivity contribution in [1.82, 2.24) is 10.2 Å². The lowest BCUT2D eigenvalue weighted by atomic mass is 10.0. The molecule has 0 aromatic heterocycles. The number of benzene rings is 2. The van der Waals surface area contributed by atoms with E-state index in [-0.39, 0.29) is 18.5 Å². The van der Waals surface area contributed by atoms with Crippen LogP contribution in [0, 0.1) is 11.6 Å². The van der Waals surface area contributed by atoms with Crippen molar-refractivity contribution in [2.75, 3.05) is 20.2 Å². The maximum absolute atomic E-state index is 13.7. The summed E-state index contributed by atoms with van der Waals surface area (Å²) in [5, 5.41) is 3.27. The van der Waals surface area contributed by atoms with Crippen molar-refractivity contribution < 1.29 is 18.3 Å². The van der Waals surface area contributed by atoms with Gasteiger partial charge < -0.3 is 15.0 Å². The zero-order valence-corrected chi connectivity index (χ0v) is 15.4. The van der Waals surface area contributed by atoms with E-state index in [0.717, 1.165) is 36.3 Å². The highest BCUT2D eigenvalue weighted by Gasteiger charge is 2.23. The second-order valence-corrected chi connectivity index (χ2v) is 6.76. The third-order valence-corrected chi connectivity index (χ3v) is 4.97. The number of hydrogen-bond acceptors (Lipinski definition) is 3. The molecule has 1 aliphatic heterocycles. The van der Waals surface area contributed by atoms with Crippen LogP contribution in [0.25, 0.3) is 0 Å². The zero-order chi connectivity index (χ0) is 19.2. The number of carbonyl (C=O) groups excluding carboxylic acids is 1. The average molecular weight is 374 g/mol. The van der Waals surface area contributed by atoms with E-state index in [9.17, 15) is 13.6 Å². The van der Waals surface area contributed by atoms with Crippen molar-refractivity contribution in [3.8, 4) is 5.75 Å². The largest absolute Gasteiger partial charge is 0.496 e. The number of ether oxygens (including phenoxy) is 1. The zero-order valence-electron chi connectivity index (χ0n) is 15.4. The summed E-state index contributed by atoms with van der Waals surface area (Å²) in [5.41, 5.74) is 1.21. The molecule has 1 fully saturated rings. The first kappa shape index (κ1) is 19.3. The van der Waals surface area contributed by atoms with Gasteiger partial charge in [-0.25, -0.2) is 8.78 Å². The van der Waals surface area contributed by atoms with E-state index in [0.29, 0.717) is 25.1 Å². The number of para-hydroxylation sites is 1. The van der Waals surface area contributed by atoms with Crippen molar-refractivity contribution >= 4 is 5.91 Å². The Morgan fingerprint density at radius 3 is 2.63 bits per heavy atom. The molecule has 6 heteroatoms. The van der Waals surface area contributed by atoms with Crippen molar-refractivity contribution in [2.24, 2.45) is 0 Å². The molecule has 0 aliphatic carbocycles. The monoisotopic (exact) mass is 374 g/mol. The highest BCUT2D eigenvalue weighted by atomic mass is 19.1. The quantitative estimate of drug-likeness (QED) is 0.844. The van der Waals surface area contributed by atoms with Crippen LogP contribution in [0.15, 0.2) is 42.5 Å².